The highest BCUT2D eigenvalue weighted by molar-refractivity contribution is 9.10. The molecule has 12 heteroatoms. The Labute approximate surface area is 232 Å². The number of carbonyl (C=O) groups excluding carboxylic acids is 1. The lowest BCUT2D eigenvalue weighted by molar-refractivity contribution is -0.143. The van der Waals surface area contributed by atoms with E-state index in [-0.39, 0.29) is 11.7 Å². The molecule has 1 aliphatic heterocycles. The fourth-order valence-electron chi connectivity index (χ4n) is 3.60. The van der Waals surface area contributed by atoms with E-state index in [1.165, 1.54) is 23.7 Å². The van der Waals surface area contributed by atoms with E-state index in [4.69, 9.17) is 18.0 Å². The van der Waals surface area contributed by atoms with E-state index in [0.29, 0.717) is 42.3 Å². The minimum absolute atomic E-state index is 0.126. The number of primary amides is 1. The first-order valence-electron chi connectivity index (χ1n) is 11.3. The molecular formula is C25H26BrN5O4S2. The van der Waals surface area contributed by atoms with Gasteiger partial charge in [-0.05, 0) is 61.8 Å². The van der Waals surface area contributed by atoms with Crippen LogP contribution in [-0.4, -0.2) is 56.4 Å². The summed E-state index contributed by atoms with van der Waals surface area (Å²) in [6.07, 6.45) is 5.75. The van der Waals surface area contributed by atoms with Crippen LogP contribution in [0, 0.1) is 5.92 Å². The van der Waals surface area contributed by atoms with Crippen LogP contribution in [0.2, 0.25) is 0 Å². The quantitative estimate of drug-likeness (QED) is 0.212. The maximum atomic E-state index is 11.2. The molecule has 0 saturated carbocycles. The largest absolute Gasteiger partial charge is 0.504 e. The molecule has 0 radical (unpaired) electrons. The number of pyridine rings is 1. The highest BCUT2D eigenvalue weighted by Gasteiger charge is 2.29. The number of aliphatic carboxylic acids is 1. The molecule has 4 N–H and O–H groups in total. The molecule has 3 aromatic rings. The van der Waals surface area contributed by atoms with Crippen molar-refractivity contribution in [3.63, 3.8) is 0 Å². The maximum absolute atomic E-state index is 11.2. The van der Waals surface area contributed by atoms with E-state index >= 15 is 0 Å². The SMILES string of the molecule is CC=NN(C(=S)N1CCC(C(=O)O)CC1)c1csc(-c2ccc(Br)cc2)c1O.NC(=O)c1ccncc1. The highest BCUT2D eigenvalue weighted by Crippen LogP contribution is 2.44. The number of rotatable bonds is 5. The summed E-state index contributed by atoms with van der Waals surface area (Å²) in [4.78, 5) is 28.0. The summed E-state index contributed by atoms with van der Waals surface area (Å²) in [6, 6.07) is 10.9. The van der Waals surface area contributed by atoms with E-state index in [2.05, 4.69) is 26.0 Å². The predicted octanol–water partition coefficient (Wildman–Crippen LogP) is 4.96. The summed E-state index contributed by atoms with van der Waals surface area (Å²) in [5.74, 6) is -1.39. The van der Waals surface area contributed by atoms with E-state index in [1.54, 1.807) is 30.3 Å². The molecule has 2 aromatic heterocycles. The summed E-state index contributed by atoms with van der Waals surface area (Å²) in [7, 11) is 0. The lowest BCUT2D eigenvalue weighted by atomic mass is 9.97. The van der Waals surface area contributed by atoms with Gasteiger partial charge in [-0.2, -0.15) is 5.10 Å². The van der Waals surface area contributed by atoms with Gasteiger partial charge in [0.15, 0.2) is 10.9 Å². The minimum atomic E-state index is -0.761. The molecule has 0 atom stereocenters. The van der Waals surface area contributed by atoms with Gasteiger partial charge in [0.1, 0.15) is 5.69 Å². The van der Waals surface area contributed by atoms with Crippen LogP contribution in [0.25, 0.3) is 10.4 Å². The van der Waals surface area contributed by atoms with Crippen LogP contribution in [0.1, 0.15) is 30.1 Å². The number of hydrogen-bond acceptors (Lipinski definition) is 7. The normalized spacial score (nSPS) is 13.6. The van der Waals surface area contributed by atoms with Crippen LogP contribution >= 0.6 is 39.5 Å². The van der Waals surface area contributed by atoms with Crippen molar-refractivity contribution in [2.75, 3.05) is 18.1 Å². The average Bonchev–Trinajstić information content (AvgIpc) is 3.29. The van der Waals surface area contributed by atoms with Crippen molar-refractivity contribution < 1.29 is 19.8 Å². The summed E-state index contributed by atoms with van der Waals surface area (Å²) in [5.41, 5.74) is 6.87. The zero-order valence-electron chi connectivity index (χ0n) is 20.0. The van der Waals surface area contributed by atoms with Gasteiger partial charge in [-0.3, -0.25) is 14.6 Å². The Morgan fingerprint density at radius 3 is 2.35 bits per heavy atom. The molecule has 1 aromatic carbocycles. The van der Waals surface area contributed by atoms with Gasteiger partial charge in [0.25, 0.3) is 0 Å². The first-order chi connectivity index (χ1) is 17.7. The Hall–Kier alpha value is -3.35. The second-order valence-electron chi connectivity index (χ2n) is 7.97. The van der Waals surface area contributed by atoms with Gasteiger partial charge in [0, 0.05) is 47.1 Å². The number of thiophene rings is 1. The Kier molecular flexibility index (Phi) is 10.1. The van der Waals surface area contributed by atoms with E-state index in [1.807, 2.05) is 34.5 Å². The van der Waals surface area contributed by atoms with Crippen LogP contribution in [0.15, 0.2) is 63.7 Å². The molecule has 9 nitrogen and oxygen atoms in total. The lowest BCUT2D eigenvalue weighted by Gasteiger charge is -2.35. The zero-order valence-corrected chi connectivity index (χ0v) is 23.2. The number of nitrogens with zero attached hydrogens (tertiary/aromatic N) is 4. The first-order valence-corrected chi connectivity index (χ1v) is 13.4. The molecule has 1 aliphatic rings. The minimum Gasteiger partial charge on any atom is -0.504 e. The van der Waals surface area contributed by atoms with Gasteiger partial charge in [0.2, 0.25) is 5.91 Å². The van der Waals surface area contributed by atoms with Gasteiger partial charge in [-0.1, -0.05) is 28.1 Å². The molecule has 4 rings (SSSR count). The number of aromatic hydroxyl groups is 1. The number of anilines is 1. The van der Waals surface area contributed by atoms with Gasteiger partial charge in [0.05, 0.1) is 10.8 Å². The standard InChI is InChI=1S/C19H20BrN3O3S2.C6H6N2O/c1-2-21-23(19(27)22-9-7-13(8-10-22)18(25)26)15-11-28-17(16(15)24)12-3-5-14(20)6-4-12;7-6(9)5-1-3-8-4-2-5/h2-6,11,13,24H,7-10H2,1H3,(H,25,26);1-4H,(H2,7,9). The Morgan fingerprint density at radius 2 is 1.84 bits per heavy atom. The molecule has 3 heterocycles. The smallest absolute Gasteiger partial charge is 0.306 e. The van der Waals surface area contributed by atoms with Gasteiger partial charge in [-0.15, -0.1) is 11.3 Å². The maximum Gasteiger partial charge on any atom is 0.306 e. The molecule has 0 spiro atoms. The molecule has 37 heavy (non-hydrogen) atoms. The number of hydrazone groups is 1. The number of hydrogen-bond donors (Lipinski definition) is 3. The lowest BCUT2D eigenvalue weighted by Crippen LogP contribution is -2.45. The molecule has 1 fully saturated rings. The summed E-state index contributed by atoms with van der Waals surface area (Å²) in [5, 5.41) is 28.2. The van der Waals surface area contributed by atoms with Crippen LogP contribution in [0.4, 0.5) is 5.69 Å². The molecule has 0 bridgehead atoms. The third kappa shape index (κ3) is 7.34. The van der Waals surface area contributed by atoms with Gasteiger partial charge < -0.3 is 20.8 Å². The molecule has 1 amide bonds. The number of carbonyl (C=O) groups is 2. The molecule has 0 aliphatic carbocycles. The van der Waals surface area contributed by atoms with Crippen molar-refractivity contribution in [2.45, 2.75) is 19.8 Å². The van der Waals surface area contributed by atoms with Crippen molar-refractivity contribution in [2.24, 2.45) is 16.8 Å². The second-order valence-corrected chi connectivity index (χ2v) is 10.1. The Morgan fingerprint density at radius 1 is 1.22 bits per heavy atom. The highest BCUT2D eigenvalue weighted by atomic mass is 79.9. The number of aromatic nitrogens is 1. The summed E-state index contributed by atoms with van der Waals surface area (Å²) >= 11 is 10.5. The number of likely N-dealkylation sites (tertiary alicyclic amines) is 1. The van der Waals surface area contributed by atoms with Crippen molar-refractivity contribution in [3.05, 3.63) is 64.2 Å². The number of amides is 1. The van der Waals surface area contributed by atoms with Crippen molar-refractivity contribution in [1.29, 1.82) is 0 Å². The Bertz CT molecular complexity index is 1260. The number of piperidine rings is 1. The second kappa shape index (κ2) is 13.3. The fraction of sp³-hybridized carbons (Fsp3) is 0.240. The number of benzene rings is 1. The predicted molar refractivity (Wildman–Crippen MR) is 153 cm³/mol. The number of halogens is 1. The topological polar surface area (TPSA) is 132 Å². The van der Waals surface area contributed by atoms with Crippen LogP contribution in [0.5, 0.6) is 5.75 Å². The van der Waals surface area contributed by atoms with Gasteiger partial charge >= 0.3 is 5.97 Å². The van der Waals surface area contributed by atoms with Crippen molar-refractivity contribution in [3.8, 4) is 16.2 Å². The number of carboxylic acids is 1. The fourth-order valence-corrected chi connectivity index (χ4v) is 5.12. The molecule has 0 unspecified atom stereocenters. The molecular weight excluding hydrogens is 578 g/mol. The summed E-state index contributed by atoms with van der Waals surface area (Å²) < 4.78 is 0.968. The third-order valence-corrected chi connectivity index (χ3v) is 7.54. The molecule has 194 valence electrons. The van der Waals surface area contributed by atoms with Crippen LogP contribution < -0.4 is 10.7 Å². The van der Waals surface area contributed by atoms with E-state index < -0.39 is 11.9 Å². The molecule has 1 saturated heterocycles. The third-order valence-electron chi connectivity index (χ3n) is 5.57. The number of carboxylic acid groups (broad SMARTS) is 1. The Balaban J connectivity index is 0.000000356. The number of thiocarbonyl (C=S) groups is 1. The van der Waals surface area contributed by atoms with Crippen molar-refractivity contribution >= 4 is 68.4 Å². The van der Waals surface area contributed by atoms with Gasteiger partial charge in [-0.25, -0.2) is 5.01 Å². The van der Waals surface area contributed by atoms with E-state index in [9.17, 15) is 19.8 Å². The van der Waals surface area contributed by atoms with Crippen LogP contribution in [0.3, 0.4) is 0 Å². The number of nitrogens with two attached hydrogens (primary N) is 1. The monoisotopic (exact) mass is 603 g/mol. The van der Waals surface area contributed by atoms with E-state index in [0.717, 1.165) is 14.9 Å². The van der Waals surface area contributed by atoms with Crippen molar-refractivity contribution in [1.82, 2.24) is 9.88 Å². The summed E-state index contributed by atoms with van der Waals surface area (Å²) in [6.45, 7) is 2.89. The average molecular weight is 605 g/mol. The van der Waals surface area contributed by atoms with Crippen LogP contribution in [-0.2, 0) is 4.79 Å². The zero-order chi connectivity index (χ0) is 26.9. The first kappa shape index (κ1) is 28.2.